The molecule has 6 heterocycles. The molecule has 2 N–H and O–H groups in total. The van der Waals surface area contributed by atoms with E-state index < -0.39 is 0 Å². The fourth-order valence-electron chi connectivity index (χ4n) is 12.5. The second-order valence-corrected chi connectivity index (χ2v) is 32.5. The zero-order chi connectivity index (χ0) is 68.4. The maximum absolute atomic E-state index is 5.83. The highest BCUT2D eigenvalue weighted by Gasteiger charge is 2.33. The second kappa shape index (κ2) is 28.3. The molecule has 0 spiro atoms. The molecule has 16 rings (SSSR count). The molecule has 100 heavy (non-hydrogen) atoms. The first-order chi connectivity index (χ1) is 48.6. The van der Waals surface area contributed by atoms with Crippen molar-refractivity contribution in [3.05, 3.63) is 356 Å². The molecule has 0 fully saturated rings. The molecule has 13 aromatic rings. The molecule has 20 heteroatoms. The van der Waals surface area contributed by atoms with E-state index in [2.05, 4.69) is 291 Å². The van der Waals surface area contributed by atoms with Crippen molar-refractivity contribution >= 4 is 215 Å². The first-order valence-corrected chi connectivity index (χ1v) is 38.9. The Labute approximate surface area is 657 Å². The Balaban J connectivity index is 1.18. The Hall–Kier alpha value is -7.60. The number of benzene rings is 10. The highest BCUT2D eigenvalue weighted by atomic mass is 79.9. The van der Waals surface area contributed by atoms with E-state index in [4.69, 9.17) is 39.9 Å². The lowest BCUT2D eigenvalue weighted by molar-refractivity contribution is 1.05. The van der Waals surface area contributed by atoms with Crippen molar-refractivity contribution in [1.29, 1.82) is 0 Å². The van der Waals surface area contributed by atoms with Gasteiger partial charge in [0.25, 0.3) is 0 Å². The van der Waals surface area contributed by atoms with E-state index in [1.54, 1.807) is 0 Å². The van der Waals surface area contributed by atoms with Crippen molar-refractivity contribution in [2.75, 3.05) is 0 Å². The smallest absolute Gasteiger partial charge is 0.165 e. The number of H-pyrrole nitrogens is 2. The quantitative estimate of drug-likeness (QED) is 0.138. The molecule has 482 valence electrons. The molecule has 0 amide bonds. The fourth-order valence-corrected chi connectivity index (χ4v) is 15.2. The highest BCUT2D eigenvalue weighted by Crippen LogP contribution is 2.47. The number of hydrogen-bond donors (Lipinski definition) is 2. The molecule has 3 aromatic heterocycles. The van der Waals surface area contributed by atoms with Crippen molar-refractivity contribution < 1.29 is 0 Å². The van der Waals surface area contributed by atoms with Crippen molar-refractivity contribution in [2.45, 2.75) is 0 Å². The van der Waals surface area contributed by atoms with Gasteiger partial charge in [-0.1, -0.05) is 281 Å². The van der Waals surface area contributed by atoms with Gasteiger partial charge in [0, 0.05) is 100 Å². The molecule has 10 bridgehead atoms. The van der Waals surface area contributed by atoms with E-state index >= 15 is 0 Å². The maximum atomic E-state index is 5.83. The lowest BCUT2D eigenvalue weighted by Crippen LogP contribution is -1.97. The molecule has 0 atom stereocenters. The van der Waals surface area contributed by atoms with E-state index in [0.29, 0.717) is 57.5 Å². The molecule has 0 saturated heterocycles. The van der Waals surface area contributed by atoms with Gasteiger partial charge in [-0.05, 0) is 177 Å². The summed E-state index contributed by atoms with van der Waals surface area (Å²) in [6.45, 7) is 0. The Kier molecular flexibility index (Phi) is 19.0. The Morgan fingerprint density at radius 1 is 0.150 bits per heavy atom. The Morgan fingerprint density at radius 3 is 0.410 bits per heavy atom. The van der Waals surface area contributed by atoms with E-state index in [1.807, 2.05) is 121 Å². The number of rotatable bonds is 10. The summed E-state index contributed by atoms with van der Waals surface area (Å²) in [5.41, 5.74) is 17.9. The third kappa shape index (κ3) is 13.4. The van der Waals surface area contributed by atoms with Crippen LogP contribution in [0.5, 0.6) is 0 Å². The van der Waals surface area contributed by atoms with Crippen LogP contribution >= 0.6 is 159 Å². The van der Waals surface area contributed by atoms with Gasteiger partial charge in [-0.25, -0.2) is 39.9 Å². The van der Waals surface area contributed by atoms with Crippen LogP contribution in [0, 0.1) is 0 Å². The van der Waals surface area contributed by atoms with Crippen LogP contribution in [-0.4, -0.2) is 49.8 Å². The number of hydrogen-bond acceptors (Lipinski definition) is 8. The third-order valence-electron chi connectivity index (χ3n) is 17.1. The minimum atomic E-state index is 0.370. The highest BCUT2D eigenvalue weighted by molar-refractivity contribution is 9.12. The predicted octanol–water partition coefficient (Wildman–Crippen LogP) is 25.4. The summed E-state index contributed by atoms with van der Waals surface area (Å²) in [7, 11) is 0. The topological polar surface area (TPSA) is 135 Å². The van der Waals surface area contributed by atoms with E-state index in [0.717, 1.165) is 156 Å². The molecule has 3 aliphatic heterocycles. The maximum Gasteiger partial charge on any atom is 0.165 e. The molecular weight excluding hydrogens is 1900 g/mol. The van der Waals surface area contributed by atoms with Gasteiger partial charge in [-0.2, -0.15) is 0 Å². The SMILES string of the molecule is Brc1ccc(C2=C(c3ccc(Br)cc3)c3nc2nc2nc(nc4[nH]c(nc5nc(nc6[nH]c(n3)c(-c3ccc(Br)cc3)c6-c3ccc(Br)cc3)C(c3ccc(Br)cc3)=C5c3ccc(Br)cc3)c(-c3ccc(Br)cc3)c4-c3ccc(Br)cc3)C(c3ccc(Br)cc3)=C2c2ccc(Br)cc2)cc1. The number of nitrogens with one attached hydrogen (secondary N) is 2. The van der Waals surface area contributed by atoms with E-state index in [-0.39, 0.29) is 0 Å². The summed E-state index contributed by atoms with van der Waals surface area (Å²) in [4.78, 5) is 53.9. The summed E-state index contributed by atoms with van der Waals surface area (Å²) in [6, 6.07) is 82.4. The summed E-state index contributed by atoms with van der Waals surface area (Å²) < 4.78 is 9.06. The summed E-state index contributed by atoms with van der Waals surface area (Å²) in [5, 5.41) is 0. The normalized spacial score (nSPS) is 12.6. The van der Waals surface area contributed by atoms with E-state index in [9.17, 15) is 0 Å². The van der Waals surface area contributed by atoms with Crippen molar-refractivity contribution in [3.63, 3.8) is 0 Å². The van der Waals surface area contributed by atoms with Crippen LogP contribution in [0.1, 0.15) is 68.3 Å². The molecule has 0 saturated carbocycles. The van der Waals surface area contributed by atoms with Gasteiger partial charge in [-0.3, -0.25) is 0 Å². The van der Waals surface area contributed by atoms with Gasteiger partial charge in [0.05, 0.1) is 0 Å². The van der Waals surface area contributed by atoms with Gasteiger partial charge in [0.1, 0.15) is 22.6 Å². The molecule has 0 aliphatic carbocycles. The molecule has 3 aliphatic rings. The monoisotopic (exact) mass is 1930 g/mol. The third-order valence-corrected chi connectivity index (χ3v) is 22.3. The van der Waals surface area contributed by atoms with Gasteiger partial charge >= 0.3 is 0 Å². The first kappa shape index (κ1) is 66.9. The Morgan fingerprint density at radius 2 is 0.270 bits per heavy atom. The number of aromatic amines is 2. The standard InChI is InChI=1S/C80H42Br10N10/c81-51-21-1-41(2-22-51)61-62(42-3-23-52(82)24-4-42)72-91-71(61)96-73-63(43-5-25-53(83)26-6-43)64(44-7-27-54(84)28-8-44)75(92-73)98-77-67(47-13-33-57(87)34-14-47)68(48-15-35-58(88)36-16-48)79(94-77)100-80-70(50-19-39-60(90)40-20-50)69(49-17-37-59(89)38-18-49)78(95-80)99-76-66(46-11-31-56(86)32-12-46)65(74(93-76)97-72)45-9-29-55(85)30-10-45/h1-40H,(H2,91,92,93,94,95,96,97,98,99,100). The van der Waals surface area contributed by atoms with Gasteiger partial charge in [0.15, 0.2) is 34.9 Å². The summed E-state index contributed by atoms with van der Waals surface area (Å²) in [5.74, 6) is 2.30. The Bertz CT molecular complexity index is 5450. The van der Waals surface area contributed by atoms with Crippen LogP contribution in [0.3, 0.4) is 0 Å². The van der Waals surface area contributed by atoms with Gasteiger partial charge in [0.2, 0.25) is 0 Å². The van der Waals surface area contributed by atoms with E-state index in [1.165, 1.54) is 0 Å². The number of nitrogens with zero attached hydrogens (tertiary/aromatic N) is 8. The first-order valence-electron chi connectivity index (χ1n) is 30.9. The summed E-state index contributed by atoms with van der Waals surface area (Å²) in [6.07, 6.45) is 0. The molecule has 0 radical (unpaired) electrons. The van der Waals surface area contributed by atoms with Crippen molar-refractivity contribution in [3.8, 4) is 44.5 Å². The average Bonchev–Trinajstić information content (AvgIpc) is 1.59. The molecule has 10 aromatic carbocycles. The van der Waals surface area contributed by atoms with Crippen LogP contribution in [0.2, 0.25) is 0 Å². The number of halogens is 10. The zero-order valence-corrected chi connectivity index (χ0v) is 67.3. The second-order valence-electron chi connectivity index (χ2n) is 23.3. The average molecular weight is 1940 g/mol. The van der Waals surface area contributed by atoms with Crippen LogP contribution in [0.15, 0.2) is 287 Å². The summed E-state index contributed by atoms with van der Waals surface area (Å²) >= 11 is 37.6. The number of fused-ring (bicyclic) bond motifs is 10. The van der Waals surface area contributed by atoms with Gasteiger partial charge in [-0.15, -0.1) is 0 Å². The lowest BCUT2D eigenvalue weighted by Gasteiger charge is -2.10. The number of aromatic nitrogens is 10. The lowest BCUT2D eigenvalue weighted by atomic mass is 9.94. The van der Waals surface area contributed by atoms with Crippen molar-refractivity contribution in [2.24, 2.45) is 0 Å². The van der Waals surface area contributed by atoms with Crippen molar-refractivity contribution in [1.82, 2.24) is 49.8 Å². The molecule has 0 unspecified atom stereocenters. The van der Waals surface area contributed by atoms with Crippen LogP contribution in [0.4, 0.5) is 0 Å². The minimum Gasteiger partial charge on any atom is -0.324 e. The zero-order valence-electron chi connectivity index (χ0n) is 51.5. The van der Waals surface area contributed by atoms with Crippen LogP contribution in [0.25, 0.3) is 101 Å². The van der Waals surface area contributed by atoms with Gasteiger partial charge < -0.3 is 9.97 Å². The molecule has 10 nitrogen and oxygen atoms in total. The van der Waals surface area contributed by atoms with Crippen LogP contribution < -0.4 is 0 Å². The predicted molar refractivity (Wildman–Crippen MR) is 438 cm³/mol. The largest absolute Gasteiger partial charge is 0.324 e. The van der Waals surface area contributed by atoms with Crippen LogP contribution in [-0.2, 0) is 0 Å². The fraction of sp³-hybridized carbons (Fsp3) is 0. The minimum absolute atomic E-state index is 0.370. The molecular formula is C80H42Br10N10.